The fourth-order valence-electron chi connectivity index (χ4n) is 3.94. The molecule has 3 heterocycles. The summed E-state index contributed by atoms with van der Waals surface area (Å²) in [7, 11) is 0. The lowest BCUT2D eigenvalue weighted by molar-refractivity contribution is -0.122. The number of fused-ring (bicyclic) bond motifs is 1. The Kier molecular flexibility index (Phi) is 5.84. The Labute approximate surface area is 181 Å². The van der Waals surface area contributed by atoms with Crippen molar-refractivity contribution in [3.8, 4) is 0 Å². The van der Waals surface area contributed by atoms with Crippen LogP contribution in [0.2, 0.25) is 0 Å². The summed E-state index contributed by atoms with van der Waals surface area (Å²) in [6.45, 7) is 5.54. The number of para-hydroxylation sites is 1. The molecule has 0 radical (unpaired) electrons. The van der Waals surface area contributed by atoms with Gasteiger partial charge in [0.2, 0.25) is 5.91 Å². The first kappa shape index (κ1) is 20.8. The van der Waals surface area contributed by atoms with E-state index >= 15 is 0 Å². The molecule has 2 aromatic heterocycles. The van der Waals surface area contributed by atoms with E-state index in [1.54, 1.807) is 6.20 Å². The van der Waals surface area contributed by atoms with E-state index < -0.39 is 0 Å². The second-order valence-corrected chi connectivity index (χ2v) is 8.31. The second kappa shape index (κ2) is 8.71. The zero-order valence-electron chi connectivity index (χ0n) is 17.8. The highest BCUT2D eigenvalue weighted by Crippen LogP contribution is 2.25. The third-order valence-electron chi connectivity index (χ3n) is 5.73. The van der Waals surface area contributed by atoms with Crippen LogP contribution in [-0.2, 0) is 4.79 Å². The van der Waals surface area contributed by atoms with Gasteiger partial charge in [-0.25, -0.2) is 4.98 Å². The van der Waals surface area contributed by atoms with E-state index in [-0.39, 0.29) is 23.7 Å². The van der Waals surface area contributed by atoms with Crippen molar-refractivity contribution in [2.24, 2.45) is 11.7 Å². The summed E-state index contributed by atoms with van der Waals surface area (Å²) in [5, 5.41) is 3.77. The molecular weight excluding hydrogens is 390 g/mol. The first-order valence-corrected chi connectivity index (χ1v) is 10.6. The van der Waals surface area contributed by atoms with E-state index in [0.717, 1.165) is 41.8 Å². The van der Waals surface area contributed by atoms with Crippen molar-refractivity contribution in [3.05, 3.63) is 59.9 Å². The number of hydrogen-bond acceptors (Lipinski definition) is 5. The molecule has 1 aliphatic rings. The van der Waals surface area contributed by atoms with Crippen LogP contribution in [0.15, 0.2) is 48.7 Å². The topological polar surface area (TPSA) is 101 Å². The molecule has 1 atom stereocenters. The minimum absolute atomic E-state index is 0.148. The van der Waals surface area contributed by atoms with E-state index in [9.17, 15) is 9.59 Å². The van der Waals surface area contributed by atoms with Crippen molar-refractivity contribution in [1.82, 2.24) is 9.97 Å². The van der Waals surface area contributed by atoms with Crippen molar-refractivity contribution >= 4 is 34.2 Å². The quantitative estimate of drug-likeness (QED) is 0.659. The van der Waals surface area contributed by atoms with E-state index in [4.69, 9.17) is 5.73 Å². The van der Waals surface area contributed by atoms with E-state index in [1.807, 2.05) is 42.5 Å². The first-order valence-electron chi connectivity index (χ1n) is 10.6. The van der Waals surface area contributed by atoms with Crippen LogP contribution in [0.4, 0.5) is 11.5 Å². The van der Waals surface area contributed by atoms with E-state index in [2.05, 4.69) is 34.0 Å². The maximum absolute atomic E-state index is 13.1. The standard InChI is InChI=1S/C24H27N5O2/c1-15(2)21-12-19(18-7-3-4-8-20(18)28-21)24(31)27-17-9-10-22(26-13-17)29-11-5-6-16(14-29)23(25)30/h3-4,7-10,12-13,15-16H,5-6,11,14H2,1-2H3,(H2,25,30)(H,27,31). The van der Waals surface area contributed by atoms with Crippen molar-refractivity contribution in [2.75, 3.05) is 23.3 Å². The third-order valence-corrected chi connectivity index (χ3v) is 5.73. The lowest BCUT2D eigenvalue weighted by Gasteiger charge is -2.32. The molecule has 1 unspecified atom stereocenters. The van der Waals surface area contributed by atoms with Crippen molar-refractivity contribution in [2.45, 2.75) is 32.6 Å². The van der Waals surface area contributed by atoms with Gasteiger partial charge in [-0.15, -0.1) is 0 Å². The van der Waals surface area contributed by atoms with Gasteiger partial charge in [0, 0.05) is 24.2 Å². The predicted octanol–water partition coefficient (Wildman–Crippen LogP) is 3.71. The van der Waals surface area contributed by atoms with Gasteiger partial charge in [0.1, 0.15) is 5.82 Å². The molecular formula is C24H27N5O2. The molecule has 4 rings (SSSR count). The number of anilines is 2. The molecule has 160 valence electrons. The van der Waals surface area contributed by atoms with E-state index in [1.165, 1.54) is 0 Å². The average Bonchev–Trinajstić information content (AvgIpc) is 2.78. The highest BCUT2D eigenvalue weighted by Gasteiger charge is 2.24. The van der Waals surface area contributed by atoms with Crippen LogP contribution in [0, 0.1) is 5.92 Å². The SMILES string of the molecule is CC(C)c1cc(C(=O)Nc2ccc(N3CCCC(C(N)=O)C3)nc2)c2ccccc2n1. The van der Waals surface area contributed by atoms with Gasteiger partial charge in [-0.05, 0) is 43.0 Å². The summed E-state index contributed by atoms with van der Waals surface area (Å²) >= 11 is 0. The first-order chi connectivity index (χ1) is 14.9. The number of pyridine rings is 2. The number of nitrogens with two attached hydrogens (primary N) is 1. The molecule has 7 heteroatoms. The number of rotatable bonds is 5. The third kappa shape index (κ3) is 4.50. The highest BCUT2D eigenvalue weighted by molar-refractivity contribution is 6.12. The predicted molar refractivity (Wildman–Crippen MR) is 122 cm³/mol. The second-order valence-electron chi connectivity index (χ2n) is 8.31. The largest absolute Gasteiger partial charge is 0.369 e. The molecule has 1 saturated heterocycles. The van der Waals surface area contributed by atoms with Crippen molar-refractivity contribution in [3.63, 3.8) is 0 Å². The Morgan fingerprint density at radius 1 is 1.19 bits per heavy atom. The molecule has 3 aromatic rings. The number of carbonyl (C=O) groups excluding carboxylic acids is 2. The normalized spacial score (nSPS) is 16.5. The summed E-state index contributed by atoms with van der Waals surface area (Å²) in [6.07, 6.45) is 3.37. The molecule has 2 amide bonds. The highest BCUT2D eigenvalue weighted by atomic mass is 16.2. The van der Waals surface area contributed by atoms with Gasteiger partial charge in [0.25, 0.3) is 5.91 Å². The maximum atomic E-state index is 13.1. The summed E-state index contributed by atoms with van der Waals surface area (Å²) in [5.41, 5.74) is 8.37. The minimum atomic E-state index is -0.265. The van der Waals surface area contributed by atoms with Crippen LogP contribution < -0.4 is 16.0 Å². The minimum Gasteiger partial charge on any atom is -0.369 e. The summed E-state index contributed by atoms with van der Waals surface area (Å²) in [6, 6.07) is 13.2. The molecule has 0 saturated carbocycles. The number of carbonyl (C=O) groups is 2. The number of nitrogens with zero attached hydrogens (tertiary/aromatic N) is 3. The molecule has 3 N–H and O–H groups in total. The zero-order chi connectivity index (χ0) is 22.0. The van der Waals surface area contributed by atoms with Gasteiger partial charge in [-0.3, -0.25) is 14.6 Å². The van der Waals surface area contributed by atoms with Gasteiger partial charge in [-0.2, -0.15) is 0 Å². The van der Waals surface area contributed by atoms with Crippen LogP contribution in [0.5, 0.6) is 0 Å². The van der Waals surface area contributed by atoms with E-state index in [0.29, 0.717) is 17.8 Å². The Bertz CT molecular complexity index is 1110. The smallest absolute Gasteiger partial charge is 0.256 e. The lowest BCUT2D eigenvalue weighted by Crippen LogP contribution is -2.41. The molecule has 0 bridgehead atoms. The summed E-state index contributed by atoms with van der Waals surface area (Å²) < 4.78 is 0. The van der Waals surface area contributed by atoms with Crippen molar-refractivity contribution in [1.29, 1.82) is 0 Å². The number of benzene rings is 1. The van der Waals surface area contributed by atoms with Crippen LogP contribution in [0.1, 0.15) is 48.7 Å². The fourth-order valence-corrected chi connectivity index (χ4v) is 3.94. The number of amides is 2. The molecule has 1 aromatic carbocycles. The van der Waals surface area contributed by atoms with Gasteiger partial charge < -0.3 is 16.0 Å². The maximum Gasteiger partial charge on any atom is 0.256 e. The average molecular weight is 418 g/mol. The molecule has 0 aliphatic carbocycles. The molecule has 1 fully saturated rings. The number of piperidine rings is 1. The summed E-state index contributed by atoms with van der Waals surface area (Å²) in [5.74, 6) is 0.386. The van der Waals surface area contributed by atoms with Crippen LogP contribution >= 0.6 is 0 Å². The molecule has 0 spiro atoms. The van der Waals surface area contributed by atoms with Crippen molar-refractivity contribution < 1.29 is 9.59 Å². The fraction of sp³-hybridized carbons (Fsp3) is 0.333. The Hall–Kier alpha value is -3.48. The molecule has 1 aliphatic heterocycles. The number of primary amides is 1. The van der Waals surface area contributed by atoms with Gasteiger partial charge in [-0.1, -0.05) is 32.0 Å². The zero-order valence-corrected chi connectivity index (χ0v) is 17.8. The van der Waals surface area contributed by atoms with Crippen LogP contribution in [-0.4, -0.2) is 34.9 Å². The number of hydrogen-bond donors (Lipinski definition) is 2. The van der Waals surface area contributed by atoms with Crippen LogP contribution in [0.3, 0.4) is 0 Å². The molecule has 31 heavy (non-hydrogen) atoms. The monoisotopic (exact) mass is 417 g/mol. The Morgan fingerprint density at radius 3 is 2.71 bits per heavy atom. The number of nitrogens with one attached hydrogen (secondary N) is 1. The van der Waals surface area contributed by atoms with Gasteiger partial charge in [0.15, 0.2) is 0 Å². The Morgan fingerprint density at radius 2 is 2.00 bits per heavy atom. The lowest BCUT2D eigenvalue weighted by atomic mass is 9.97. The van der Waals surface area contributed by atoms with Crippen LogP contribution in [0.25, 0.3) is 10.9 Å². The molecule has 7 nitrogen and oxygen atoms in total. The Balaban J connectivity index is 1.54. The number of aromatic nitrogens is 2. The van der Waals surface area contributed by atoms with Gasteiger partial charge in [0.05, 0.1) is 28.9 Å². The summed E-state index contributed by atoms with van der Waals surface area (Å²) in [4.78, 5) is 35.8. The van der Waals surface area contributed by atoms with Gasteiger partial charge >= 0.3 is 0 Å².